The Hall–Kier alpha value is -2.78. The highest BCUT2D eigenvalue weighted by atomic mass is 32.2. The van der Waals surface area contributed by atoms with Crippen LogP contribution in [0.1, 0.15) is 41.1 Å². The number of carboxylic acids is 1. The van der Waals surface area contributed by atoms with Gasteiger partial charge in [0.05, 0.1) is 18.0 Å². The maximum absolute atomic E-state index is 13.2. The third-order valence-electron chi connectivity index (χ3n) is 5.93. The van der Waals surface area contributed by atoms with Crippen molar-refractivity contribution in [1.29, 1.82) is 0 Å². The summed E-state index contributed by atoms with van der Waals surface area (Å²) in [6, 6.07) is 9.94. The first-order valence-corrected chi connectivity index (χ1v) is 12.3. The van der Waals surface area contributed by atoms with Crippen LogP contribution in [0, 0.1) is 5.92 Å². The quantitative estimate of drug-likeness (QED) is 0.467. The molecule has 0 bridgehead atoms. The molecule has 1 heterocycles. The standard InChI is InChI=1S/C23H29N3O5S/c1-26(2)12-6-5-11-24-18-7-3-4-8-20(18)32(29,30)25-19-10-9-16-17-13-15(17)14-31-22(16)21(19)23(27)28/h3-4,7-10,15,17,24-25H,5-6,11-14H2,1-2H3,(H,27,28)/t15-,17-/m1/s1. The summed E-state index contributed by atoms with van der Waals surface area (Å²) in [6.45, 7) is 2.06. The number of carbonyl (C=O) groups is 1. The minimum Gasteiger partial charge on any atom is -0.492 e. The summed E-state index contributed by atoms with van der Waals surface area (Å²) in [4.78, 5) is 14.2. The van der Waals surface area contributed by atoms with E-state index in [4.69, 9.17) is 4.74 Å². The number of ether oxygens (including phenoxy) is 1. The normalized spacial score (nSPS) is 19.0. The van der Waals surface area contributed by atoms with Gasteiger partial charge >= 0.3 is 5.97 Å². The molecule has 1 saturated carbocycles. The van der Waals surface area contributed by atoms with Crippen molar-refractivity contribution in [2.45, 2.75) is 30.1 Å². The molecule has 0 saturated heterocycles. The zero-order valence-corrected chi connectivity index (χ0v) is 19.1. The lowest BCUT2D eigenvalue weighted by Crippen LogP contribution is -2.20. The van der Waals surface area contributed by atoms with E-state index in [0.29, 0.717) is 30.7 Å². The molecule has 1 aliphatic carbocycles. The number of aromatic carboxylic acids is 1. The number of hydrogen-bond donors (Lipinski definition) is 3. The third-order valence-corrected chi connectivity index (χ3v) is 7.36. The molecule has 2 aromatic carbocycles. The van der Waals surface area contributed by atoms with Crippen molar-refractivity contribution in [3.8, 4) is 5.75 Å². The average molecular weight is 460 g/mol. The first-order valence-electron chi connectivity index (χ1n) is 10.8. The van der Waals surface area contributed by atoms with Gasteiger partial charge in [-0.2, -0.15) is 0 Å². The number of benzene rings is 2. The lowest BCUT2D eigenvalue weighted by molar-refractivity contribution is 0.0692. The molecule has 172 valence electrons. The Morgan fingerprint density at radius 3 is 2.69 bits per heavy atom. The minimum absolute atomic E-state index is 0.0103. The van der Waals surface area contributed by atoms with Crippen molar-refractivity contribution in [3.05, 3.63) is 47.5 Å². The molecule has 32 heavy (non-hydrogen) atoms. The number of nitrogens with one attached hydrogen (secondary N) is 2. The Bertz CT molecular complexity index is 1120. The summed E-state index contributed by atoms with van der Waals surface area (Å²) in [6.07, 6.45) is 2.87. The molecule has 8 nitrogen and oxygen atoms in total. The number of nitrogens with zero attached hydrogens (tertiary/aromatic N) is 1. The topological polar surface area (TPSA) is 108 Å². The van der Waals surface area contributed by atoms with Gasteiger partial charge in [-0.25, -0.2) is 13.2 Å². The van der Waals surface area contributed by atoms with Crippen molar-refractivity contribution in [3.63, 3.8) is 0 Å². The number of para-hydroxylation sites is 1. The molecule has 0 unspecified atom stereocenters. The summed E-state index contributed by atoms with van der Waals surface area (Å²) in [5, 5.41) is 13.0. The van der Waals surface area contributed by atoms with E-state index in [1.807, 2.05) is 14.1 Å². The summed E-state index contributed by atoms with van der Waals surface area (Å²) in [5.41, 5.74) is 1.21. The van der Waals surface area contributed by atoms with Crippen molar-refractivity contribution in [2.24, 2.45) is 5.92 Å². The van der Waals surface area contributed by atoms with Gasteiger partial charge in [-0.1, -0.05) is 18.2 Å². The highest BCUT2D eigenvalue weighted by molar-refractivity contribution is 7.92. The molecule has 0 aromatic heterocycles. The summed E-state index contributed by atoms with van der Waals surface area (Å²) >= 11 is 0. The molecule has 0 amide bonds. The average Bonchev–Trinajstić information content (AvgIpc) is 3.53. The van der Waals surface area contributed by atoms with Gasteiger partial charge in [-0.15, -0.1) is 0 Å². The number of anilines is 2. The Kier molecular flexibility index (Phi) is 6.30. The van der Waals surface area contributed by atoms with E-state index in [1.54, 1.807) is 24.3 Å². The Morgan fingerprint density at radius 2 is 1.94 bits per heavy atom. The van der Waals surface area contributed by atoms with Gasteiger partial charge < -0.3 is 20.1 Å². The second-order valence-electron chi connectivity index (χ2n) is 8.66. The summed E-state index contributed by atoms with van der Waals surface area (Å²) in [5.74, 6) is -0.197. The first-order chi connectivity index (χ1) is 15.3. The van der Waals surface area contributed by atoms with Crippen LogP contribution in [-0.2, 0) is 10.0 Å². The van der Waals surface area contributed by atoms with Crippen molar-refractivity contribution in [1.82, 2.24) is 4.90 Å². The fourth-order valence-electron chi connectivity index (χ4n) is 4.17. The van der Waals surface area contributed by atoms with Crippen LogP contribution >= 0.6 is 0 Å². The number of carboxylic acid groups (broad SMARTS) is 1. The van der Waals surface area contributed by atoms with E-state index < -0.39 is 16.0 Å². The lowest BCUT2D eigenvalue weighted by Gasteiger charge is -2.21. The van der Waals surface area contributed by atoms with Crippen molar-refractivity contribution < 1.29 is 23.1 Å². The highest BCUT2D eigenvalue weighted by Gasteiger charge is 2.45. The van der Waals surface area contributed by atoms with Crippen LogP contribution < -0.4 is 14.8 Å². The molecule has 9 heteroatoms. The second kappa shape index (κ2) is 8.99. The molecule has 0 radical (unpaired) electrons. The predicted molar refractivity (Wildman–Crippen MR) is 123 cm³/mol. The van der Waals surface area contributed by atoms with Gasteiger partial charge in [0.25, 0.3) is 10.0 Å². The molecule has 1 fully saturated rings. The van der Waals surface area contributed by atoms with Crippen LogP contribution in [0.3, 0.4) is 0 Å². The van der Waals surface area contributed by atoms with Gasteiger partial charge in [0.15, 0.2) is 0 Å². The summed E-state index contributed by atoms with van der Waals surface area (Å²) < 4.78 is 34.6. The maximum atomic E-state index is 13.2. The molecule has 2 aliphatic rings. The maximum Gasteiger partial charge on any atom is 0.341 e. The fourth-order valence-corrected chi connectivity index (χ4v) is 5.43. The molecule has 1 aliphatic heterocycles. The molecule has 4 rings (SSSR count). The van der Waals surface area contributed by atoms with Crippen LogP contribution in [0.5, 0.6) is 5.75 Å². The number of fused-ring (bicyclic) bond motifs is 3. The lowest BCUT2D eigenvalue weighted by atomic mass is 10.0. The monoisotopic (exact) mass is 459 g/mol. The van der Waals surface area contributed by atoms with Crippen LogP contribution in [0.15, 0.2) is 41.3 Å². The molecule has 2 atom stereocenters. The van der Waals surface area contributed by atoms with Crippen molar-refractivity contribution in [2.75, 3.05) is 43.8 Å². The largest absolute Gasteiger partial charge is 0.492 e. The van der Waals surface area contributed by atoms with E-state index in [9.17, 15) is 18.3 Å². The van der Waals surface area contributed by atoms with E-state index >= 15 is 0 Å². The predicted octanol–water partition coefficient (Wildman–Crippen LogP) is 3.44. The SMILES string of the molecule is CN(C)CCCCNc1ccccc1S(=O)(=O)Nc1ccc2c(c1C(=O)O)OC[C@H]1C[C@@H]21. The second-order valence-corrected chi connectivity index (χ2v) is 10.3. The molecular weight excluding hydrogens is 430 g/mol. The third kappa shape index (κ3) is 4.68. The van der Waals surface area contributed by atoms with Crippen LogP contribution in [0.25, 0.3) is 0 Å². The first kappa shape index (κ1) is 22.4. The molecule has 0 spiro atoms. The number of rotatable bonds is 10. The number of hydrogen-bond acceptors (Lipinski definition) is 6. The van der Waals surface area contributed by atoms with Gasteiger partial charge in [-0.3, -0.25) is 4.72 Å². The fraction of sp³-hybridized carbons (Fsp3) is 0.435. The molecular formula is C23H29N3O5S. The van der Waals surface area contributed by atoms with Crippen molar-refractivity contribution >= 4 is 27.4 Å². The molecule has 3 N–H and O–H groups in total. The van der Waals surface area contributed by atoms with Gasteiger partial charge in [0.2, 0.25) is 0 Å². The summed E-state index contributed by atoms with van der Waals surface area (Å²) in [7, 11) is 0.00453. The smallest absolute Gasteiger partial charge is 0.341 e. The van der Waals surface area contributed by atoms with E-state index in [1.165, 1.54) is 12.1 Å². The van der Waals surface area contributed by atoms with E-state index in [-0.39, 0.29) is 21.9 Å². The van der Waals surface area contributed by atoms with Gasteiger partial charge in [0, 0.05) is 12.5 Å². The highest BCUT2D eigenvalue weighted by Crippen LogP contribution is 2.55. The zero-order valence-electron chi connectivity index (χ0n) is 18.3. The van der Waals surface area contributed by atoms with Crippen LogP contribution in [-0.4, -0.2) is 58.2 Å². The van der Waals surface area contributed by atoms with Gasteiger partial charge in [-0.05, 0) is 69.6 Å². The van der Waals surface area contributed by atoms with Crippen LogP contribution in [0.4, 0.5) is 11.4 Å². The van der Waals surface area contributed by atoms with Gasteiger partial charge in [0.1, 0.15) is 16.2 Å². The molecule has 2 aromatic rings. The van der Waals surface area contributed by atoms with E-state index in [2.05, 4.69) is 14.9 Å². The zero-order chi connectivity index (χ0) is 22.9. The Morgan fingerprint density at radius 1 is 1.16 bits per heavy atom. The number of unbranched alkanes of at least 4 members (excludes halogenated alkanes) is 1. The minimum atomic E-state index is -4.03. The Balaban J connectivity index is 1.56. The Labute approximate surface area is 188 Å². The number of sulfonamides is 1. The van der Waals surface area contributed by atoms with E-state index in [0.717, 1.165) is 31.4 Å². The van der Waals surface area contributed by atoms with Crippen LogP contribution in [0.2, 0.25) is 0 Å².